The first-order valence-corrected chi connectivity index (χ1v) is 11.8. The van der Waals surface area contributed by atoms with Gasteiger partial charge in [-0.3, -0.25) is 4.72 Å². The van der Waals surface area contributed by atoms with Gasteiger partial charge in [-0.15, -0.1) is 0 Å². The van der Waals surface area contributed by atoms with Crippen LogP contribution in [0.5, 0.6) is 17.2 Å². The molecular weight excluding hydrogens is 446 g/mol. The van der Waals surface area contributed by atoms with Crippen LogP contribution in [0.15, 0.2) is 71.6 Å². The molecule has 0 spiro atoms. The number of benzene rings is 3. The molecule has 1 heterocycles. The van der Waals surface area contributed by atoms with Crippen LogP contribution in [0.1, 0.15) is 15.9 Å². The Morgan fingerprint density at radius 1 is 0.939 bits per heavy atom. The third-order valence-electron chi connectivity index (χ3n) is 4.77. The molecule has 4 rings (SSSR count). The maximum absolute atomic E-state index is 12.7. The first-order valence-electron chi connectivity index (χ1n) is 10.3. The molecular formula is C24H23NO7S. The second-order valence-corrected chi connectivity index (χ2v) is 8.97. The first kappa shape index (κ1) is 22.5. The number of carbonyl (C=O) groups is 1. The van der Waals surface area contributed by atoms with Gasteiger partial charge in [-0.1, -0.05) is 12.1 Å². The average Bonchev–Trinajstić information content (AvgIpc) is 2.81. The number of carbonyl (C=O) groups excluding carboxylic acids is 1. The van der Waals surface area contributed by atoms with E-state index in [0.717, 1.165) is 5.56 Å². The zero-order valence-electron chi connectivity index (χ0n) is 17.9. The fraction of sp³-hybridized carbons (Fsp3) is 0.208. The van der Waals surface area contributed by atoms with Crippen molar-refractivity contribution in [3.63, 3.8) is 0 Å². The van der Waals surface area contributed by atoms with Crippen LogP contribution in [-0.2, 0) is 14.8 Å². The summed E-state index contributed by atoms with van der Waals surface area (Å²) in [5.41, 5.74) is 1.69. The van der Waals surface area contributed by atoms with Crippen LogP contribution < -0.4 is 18.9 Å². The predicted octanol–water partition coefficient (Wildman–Crippen LogP) is 3.80. The van der Waals surface area contributed by atoms with E-state index in [1.54, 1.807) is 6.07 Å². The van der Waals surface area contributed by atoms with Crippen LogP contribution >= 0.6 is 0 Å². The Balaban J connectivity index is 1.31. The highest BCUT2D eigenvalue weighted by atomic mass is 32.2. The molecule has 0 unspecified atom stereocenters. The fourth-order valence-corrected chi connectivity index (χ4v) is 4.24. The number of nitrogens with one attached hydrogen (secondary N) is 1. The zero-order chi connectivity index (χ0) is 23.3. The Hall–Kier alpha value is -3.72. The quantitative estimate of drug-likeness (QED) is 0.396. The Morgan fingerprint density at radius 2 is 1.70 bits per heavy atom. The van der Waals surface area contributed by atoms with Crippen molar-refractivity contribution in [2.45, 2.75) is 11.8 Å². The van der Waals surface area contributed by atoms with E-state index in [1.807, 2.05) is 31.2 Å². The minimum absolute atomic E-state index is 0.0452. The van der Waals surface area contributed by atoms with Crippen molar-refractivity contribution in [1.29, 1.82) is 0 Å². The van der Waals surface area contributed by atoms with E-state index in [2.05, 4.69) is 4.72 Å². The molecule has 0 saturated heterocycles. The van der Waals surface area contributed by atoms with E-state index in [1.165, 1.54) is 36.4 Å². The van der Waals surface area contributed by atoms with Crippen LogP contribution in [0, 0.1) is 6.92 Å². The predicted molar refractivity (Wildman–Crippen MR) is 122 cm³/mol. The number of sulfonamides is 1. The number of fused-ring (bicyclic) bond motifs is 1. The Kier molecular flexibility index (Phi) is 6.69. The molecule has 1 aliphatic heterocycles. The van der Waals surface area contributed by atoms with Crippen molar-refractivity contribution in [3.8, 4) is 17.2 Å². The number of ether oxygens (including phenoxy) is 4. The molecule has 0 atom stereocenters. The average molecular weight is 470 g/mol. The zero-order valence-corrected chi connectivity index (χ0v) is 18.8. The topological polar surface area (TPSA) is 100 Å². The van der Waals surface area contributed by atoms with E-state index in [-0.39, 0.29) is 18.1 Å². The molecule has 1 N–H and O–H groups in total. The van der Waals surface area contributed by atoms with Crippen molar-refractivity contribution >= 4 is 21.7 Å². The van der Waals surface area contributed by atoms with Crippen LogP contribution in [0.2, 0.25) is 0 Å². The normalized spacial score (nSPS) is 12.6. The minimum atomic E-state index is -3.85. The summed E-state index contributed by atoms with van der Waals surface area (Å²) in [6.07, 6.45) is 0. The van der Waals surface area contributed by atoms with Crippen molar-refractivity contribution in [2.75, 3.05) is 31.1 Å². The van der Waals surface area contributed by atoms with Gasteiger partial charge in [-0.25, -0.2) is 13.2 Å². The lowest BCUT2D eigenvalue weighted by molar-refractivity contribution is 0.0450. The Labute approximate surface area is 192 Å². The molecule has 3 aromatic rings. The van der Waals surface area contributed by atoms with Gasteiger partial charge in [0.15, 0.2) is 11.5 Å². The van der Waals surface area contributed by atoms with E-state index < -0.39 is 16.0 Å². The summed E-state index contributed by atoms with van der Waals surface area (Å²) in [4.78, 5) is 12.3. The van der Waals surface area contributed by atoms with Gasteiger partial charge in [0.1, 0.15) is 32.2 Å². The van der Waals surface area contributed by atoms with Gasteiger partial charge in [0, 0.05) is 11.8 Å². The number of anilines is 1. The summed E-state index contributed by atoms with van der Waals surface area (Å²) in [6, 6.07) is 18.0. The molecule has 0 aromatic heterocycles. The van der Waals surface area contributed by atoms with Crippen LogP contribution in [0.4, 0.5) is 5.69 Å². The number of hydrogen-bond donors (Lipinski definition) is 1. The Bertz CT molecular complexity index is 1240. The van der Waals surface area contributed by atoms with Crippen LogP contribution in [0.3, 0.4) is 0 Å². The maximum atomic E-state index is 12.7. The van der Waals surface area contributed by atoms with E-state index in [0.29, 0.717) is 41.7 Å². The molecule has 33 heavy (non-hydrogen) atoms. The highest BCUT2D eigenvalue weighted by molar-refractivity contribution is 7.92. The van der Waals surface area contributed by atoms with Crippen LogP contribution in [0.25, 0.3) is 0 Å². The lowest BCUT2D eigenvalue weighted by Crippen LogP contribution is -2.17. The molecule has 0 bridgehead atoms. The van der Waals surface area contributed by atoms with Crippen molar-refractivity contribution in [1.82, 2.24) is 0 Å². The molecule has 0 fully saturated rings. The molecule has 0 radical (unpaired) electrons. The molecule has 8 nitrogen and oxygen atoms in total. The largest absolute Gasteiger partial charge is 0.490 e. The third-order valence-corrected chi connectivity index (χ3v) is 6.15. The van der Waals surface area contributed by atoms with Gasteiger partial charge >= 0.3 is 5.97 Å². The minimum Gasteiger partial charge on any atom is -0.490 e. The van der Waals surface area contributed by atoms with Gasteiger partial charge in [-0.05, 0) is 61.0 Å². The van der Waals surface area contributed by atoms with Gasteiger partial charge in [-0.2, -0.15) is 0 Å². The monoisotopic (exact) mass is 469 g/mol. The summed E-state index contributed by atoms with van der Waals surface area (Å²) in [7, 11) is -3.85. The van der Waals surface area contributed by atoms with Crippen LogP contribution in [-0.4, -0.2) is 40.8 Å². The van der Waals surface area contributed by atoms with Gasteiger partial charge < -0.3 is 18.9 Å². The molecule has 9 heteroatoms. The summed E-state index contributed by atoms with van der Waals surface area (Å²) in [5.74, 6) is 1.07. The summed E-state index contributed by atoms with van der Waals surface area (Å²) >= 11 is 0. The van der Waals surface area contributed by atoms with Crippen molar-refractivity contribution in [2.24, 2.45) is 0 Å². The molecule has 0 saturated carbocycles. The number of esters is 1. The molecule has 3 aromatic carbocycles. The van der Waals surface area contributed by atoms with Gasteiger partial charge in [0.2, 0.25) is 0 Å². The van der Waals surface area contributed by atoms with Gasteiger partial charge in [0.25, 0.3) is 10.0 Å². The lowest BCUT2D eigenvalue weighted by Gasteiger charge is -2.19. The summed E-state index contributed by atoms with van der Waals surface area (Å²) < 4.78 is 49.5. The summed E-state index contributed by atoms with van der Waals surface area (Å²) in [6.45, 7) is 3.06. The first-order chi connectivity index (χ1) is 15.9. The van der Waals surface area contributed by atoms with E-state index in [4.69, 9.17) is 18.9 Å². The SMILES string of the molecule is Cc1cccc(OCCOC(=O)c2ccc(NS(=O)(=O)c3ccc4c(c3)OCCO4)cc2)c1. The third kappa shape index (κ3) is 5.75. The highest BCUT2D eigenvalue weighted by Crippen LogP contribution is 2.32. The Morgan fingerprint density at radius 3 is 2.45 bits per heavy atom. The smallest absolute Gasteiger partial charge is 0.338 e. The van der Waals surface area contributed by atoms with Gasteiger partial charge in [0.05, 0.1) is 10.5 Å². The molecule has 172 valence electrons. The highest BCUT2D eigenvalue weighted by Gasteiger charge is 2.19. The second kappa shape index (κ2) is 9.83. The number of rotatable bonds is 8. The van der Waals surface area contributed by atoms with Crippen molar-refractivity contribution < 1.29 is 32.2 Å². The number of aryl methyl sites for hydroxylation is 1. The van der Waals surface area contributed by atoms with E-state index >= 15 is 0 Å². The standard InChI is InChI=1S/C24H23NO7S/c1-17-3-2-4-20(15-17)29-11-14-32-24(26)18-5-7-19(8-6-18)25-33(27,28)21-9-10-22-23(16-21)31-13-12-30-22/h2-10,15-16,25H,11-14H2,1H3. The molecule has 0 amide bonds. The number of hydrogen-bond acceptors (Lipinski definition) is 7. The summed E-state index contributed by atoms with van der Waals surface area (Å²) in [5, 5.41) is 0. The molecule has 1 aliphatic rings. The maximum Gasteiger partial charge on any atom is 0.338 e. The molecule has 0 aliphatic carbocycles. The van der Waals surface area contributed by atoms with E-state index in [9.17, 15) is 13.2 Å². The fourth-order valence-electron chi connectivity index (χ4n) is 3.16. The lowest BCUT2D eigenvalue weighted by atomic mass is 10.2. The second-order valence-electron chi connectivity index (χ2n) is 7.29. The van der Waals surface area contributed by atoms with Crippen molar-refractivity contribution in [3.05, 3.63) is 77.9 Å².